The molecule has 0 saturated heterocycles. The standard InChI is InChI=1S/C7H8N2O.C5H5N/c1-2-5-9(4-1)7-8-3-6-10-7;1-2-4-6-5-3-1/h1-2,4-5H,3,6H2;1-5H. The highest BCUT2D eigenvalue weighted by Gasteiger charge is 2.06. The van der Waals surface area contributed by atoms with E-state index in [1.165, 1.54) is 0 Å². The molecule has 0 saturated carbocycles. The van der Waals surface area contributed by atoms with Crippen LogP contribution >= 0.6 is 0 Å². The topological polar surface area (TPSA) is 39.4 Å². The largest absolute Gasteiger partial charge is 0.463 e. The molecule has 82 valence electrons. The summed E-state index contributed by atoms with van der Waals surface area (Å²) in [6.07, 6.45) is 7.34. The van der Waals surface area contributed by atoms with Crippen molar-refractivity contribution in [1.29, 1.82) is 0 Å². The summed E-state index contributed by atoms with van der Waals surface area (Å²) >= 11 is 0. The molecule has 0 spiro atoms. The van der Waals surface area contributed by atoms with Crippen LogP contribution in [0, 0.1) is 0 Å². The molecule has 4 nitrogen and oxygen atoms in total. The van der Waals surface area contributed by atoms with E-state index in [1.807, 2.05) is 47.3 Å². The molecule has 1 aliphatic rings. The van der Waals surface area contributed by atoms with Crippen molar-refractivity contribution in [1.82, 2.24) is 9.55 Å². The van der Waals surface area contributed by atoms with Crippen LogP contribution in [0.15, 0.2) is 60.1 Å². The fraction of sp³-hybridized carbons (Fsp3) is 0.167. The number of aliphatic imine (C=N–C) groups is 1. The Hall–Kier alpha value is -2.10. The Morgan fingerprint density at radius 1 is 1.00 bits per heavy atom. The van der Waals surface area contributed by atoms with Crippen LogP contribution in [-0.4, -0.2) is 28.7 Å². The summed E-state index contributed by atoms with van der Waals surface area (Å²) in [5, 5.41) is 0. The number of rotatable bonds is 0. The molecular formula is C12H13N3O. The van der Waals surface area contributed by atoms with Gasteiger partial charge in [0, 0.05) is 24.8 Å². The van der Waals surface area contributed by atoms with Crippen molar-refractivity contribution in [2.75, 3.05) is 13.2 Å². The van der Waals surface area contributed by atoms with E-state index in [0.29, 0.717) is 12.6 Å². The molecule has 2 aromatic heterocycles. The van der Waals surface area contributed by atoms with Gasteiger partial charge in [-0.15, -0.1) is 0 Å². The maximum Gasteiger partial charge on any atom is 0.295 e. The lowest BCUT2D eigenvalue weighted by molar-refractivity contribution is 0.334. The molecule has 2 aromatic rings. The first-order valence-corrected chi connectivity index (χ1v) is 5.12. The van der Waals surface area contributed by atoms with Crippen LogP contribution in [-0.2, 0) is 4.74 Å². The molecule has 0 amide bonds. The van der Waals surface area contributed by atoms with Gasteiger partial charge in [0.2, 0.25) is 0 Å². The number of ether oxygens (including phenoxy) is 1. The molecule has 1 aliphatic heterocycles. The smallest absolute Gasteiger partial charge is 0.295 e. The predicted molar refractivity (Wildman–Crippen MR) is 62.3 cm³/mol. The lowest BCUT2D eigenvalue weighted by atomic mass is 10.5. The maximum absolute atomic E-state index is 5.21. The van der Waals surface area contributed by atoms with Crippen molar-refractivity contribution in [2.24, 2.45) is 4.99 Å². The number of pyridine rings is 1. The molecule has 0 N–H and O–H groups in total. The van der Waals surface area contributed by atoms with E-state index in [-0.39, 0.29) is 0 Å². The Kier molecular flexibility index (Phi) is 3.71. The highest BCUT2D eigenvalue weighted by molar-refractivity contribution is 5.77. The number of aromatic nitrogens is 2. The Labute approximate surface area is 94.2 Å². The van der Waals surface area contributed by atoms with E-state index in [1.54, 1.807) is 12.4 Å². The SMILES string of the molecule is c1ccn(C2=NCCO2)c1.c1ccncc1. The quantitative estimate of drug-likeness (QED) is 0.672. The minimum atomic E-state index is 0.713. The molecule has 0 aliphatic carbocycles. The third kappa shape index (κ3) is 2.95. The Morgan fingerprint density at radius 2 is 1.75 bits per heavy atom. The van der Waals surface area contributed by atoms with Gasteiger partial charge < -0.3 is 4.74 Å². The van der Waals surface area contributed by atoms with E-state index in [0.717, 1.165) is 6.54 Å². The average molecular weight is 215 g/mol. The van der Waals surface area contributed by atoms with Gasteiger partial charge in [-0.1, -0.05) is 6.07 Å². The average Bonchev–Trinajstić information content (AvgIpc) is 3.05. The second kappa shape index (κ2) is 5.70. The van der Waals surface area contributed by atoms with Gasteiger partial charge in [0.25, 0.3) is 6.02 Å². The van der Waals surface area contributed by atoms with E-state index < -0.39 is 0 Å². The molecular weight excluding hydrogens is 202 g/mol. The molecule has 3 rings (SSSR count). The zero-order valence-corrected chi connectivity index (χ0v) is 8.86. The van der Waals surface area contributed by atoms with Crippen molar-refractivity contribution in [3.63, 3.8) is 0 Å². The van der Waals surface area contributed by atoms with E-state index in [2.05, 4.69) is 9.98 Å². The van der Waals surface area contributed by atoms with E-state index in [9.17, 15) is 0 Å². The van der Waals surface area contributed by atoms with Crippen LogP contribution in [0.3, 0.4) is 0 Å². The molecule has 0 aromatic carbocycles. The van der Waals surface area contributed by atoms with Crippen LogP contribution < -0.4 is 0 Å². The summed E-state index contributed by atoms with van der Waals surface area (Å²) in [7, 11) is 0. The van der Waals surface area contributed by atoms with E-state index >= 15 is 0 Å². The Balaban J connectivity index is 0.000000138. The monoisotopic (exact) mass is 215 g/mol. The number of hydrogen-bond acceptors (Lipinski definition) is 3. The summed E-state index contributed by atoms with van der Waals surface area (Å²) < 4.78 is 7.08. The lowest BCUT2D eigenvalue weighted by Crippen LogP contribution is -2.08. The second-order valence-corrected chi connectivity index (χ2v) is 3.13. The third-order valence-corrected chi connectivity index (χ3v) is 1.96. The van der Waals surface area contributed by atoms with Gasteiger partial charge in [-0.3, -0.25) is 9.55 Å². The summed E-state index contributed by atoms with van der Waals surface area (Å²) in [6.45, 7) is 1.50. The first-order chi connectivity index (χ1) is 7.97. The van der Waals surface area contributed by atoms with Gasteiger partial charge in [-0.25, -0.2) is 4.99 Å². The Morgan fingerprint density at radius 3 is 2.19 bits per heavy atom. The maximum atomic E-state index is 5.21. The van der Waals surface area contributed by atoms with Gasteiger partial charge in [0.1, 0.15) is 6.61 Å². The van der Waals surface area contributed by atoms with Crippen molar-refractivity contribution in [2.45, 2.75) is 0 Å². The van der Waals surface area contributed by atoms with Gasteiger partial charge in [-0.2, -0.15) is 0 Å². The minimum Gasteiger partial charge on any atom is -0.463 e. The van der Waals surface area contributed by atoms with Crippen LogP contribution in [0.4, 0.5) is 0 Å². The third-order valence-electron chi connectivity index (χ3n) is 1.96. The molecule has 0 fully saturated rings. The van der Waals surface area contributed by atoms with Crippen LogP contribution in [0.25, 0.3) is 0 Å². The highest BCUT2D eigenvalue weighted by atomic mass is 16.5. The molecule has 0 bridgehead atoms. The summed E-state index contributed by atoms with van der Waals surface area (Å²) in [6, 6.07) is 10.3. The fourth-order valence-electron chi connectivity index (χ4n) is 1.25. The van der Waals surface area contributed by atoms with Gasteiger partial charge in [-0.05, 0) is 24.3 Å². The first kappa shape index (κ1) is 10.4. The zero-order valence-electron chi connectivity index (χ0n) is 8.86. The van der Waals surface area contributed by atoms with E-state index in [4.69, 9.17) is 4.74 Å². The number of nitrogens with zero attached hydrogens (tertiary/aromatic N) is 3. The molecule has 3 heterocycles. The van der Waals surface area contributed by atoms with Crippen LogP contribution in [0.2, 0.25) is 0 Å². The highest BCUT2D eigenvalue weighted by Crippen LogP contribution is 1.98. The van der Waals surface area contributed by atoms with Crippen molar-refractivity contribution in [3.8, 4) is 0 Å². The van der Waals surface area contributed by atoms with Crippen molar-refractivity contribution in [3.05, 3.63) is 55.1 Å². The van der Waals surface area contributed by atoms with Gasteiger partial charge in [0.05, 0.1) is 6.54 Å². The zero-order chi connectivity index (χ0) is 11.1. The molecule has 16 heavy (non-hydrogen) atoms. The normalized spacial score (nSPS) is 13.4. The minimum absolute atomic E-state index is 0.713. The fourth-order valence-corrected chi connectivity index (χ4v) is 1.25. The van der Waals surface area contributed by atoms with Crippen LogP contribution in [0.1, 0.15) is 0 Å². The Bertz CT molecular complexity index is 396. The summed E-state index contributed by atoms with van der Waals surface area (Å²) in [5.41, 5.74) is 0. The van der Waals surface area contributed by atoms with Crippen molar-refractivity contribution >= 4 is 6.02 Å². The van der Waals surface area contributed by atoms with Gasteiger partial charge >= 0.3 is 0 Å². The molecule has 0 radical (unpaired) electrons. The summed E-state index contributed by atoms with van der Waals surface area (Å²) in [4.78, 5) is 7.92. The first-order valence-electron chi connectivity index (χ1n) is 5.12. The summed E-state index contributed by atoms with van der Waals surface area (Å²) in [5.74, 6) is 0. The number of hydrogen-bond donors (Lipinski definition) is 0. The van der Waals surface area contributed by atoms with Crippen LogP contribution in [0.5, 0.6) is 0 Å². The molecule has 0 atom stereocenters. The molecule has 0 unspecified atom stereocenters. The van der Waals surface area contributed by atoms with Gasteiger partial charge in [0.15, 0.2) is 0 Å². The predicted octanol–water partition coefficient (Wildman–Crippen LogP) is 1.80. The second-order valence-electron chi connectivity index (χ2n) is 3.13. The molecule has 4 heteroatoms. The van der Waals surface area contributed by atoms with Crippen molar-refractivity contribution < 1.29 is 4.74 Å². The lowest BCUT2D eigenvalue weighted by Gasteiger charge is -1.99.